The Balaban J connectivity index is 2.26. The Kier molecular flexibility index (Phi) is 5.28. The lowest BCUT2D eigenvalue weighted by Gasteiger charge is -2.19. The minimum absolute atomic E-state index is 0.0720. The normalized spacial score (nSPS) is 12.2. The number of ether oxygens (including phenoxy) is 1. The molecule has 0 aliphatic rings. The summed E-state index contributed by atoms with van der Waals surface area (Å²) >= 11 is 0. The molecule has 1 N–H and O–H groups in total. The molecule has 0 saturated carbocycles. The summed E-state index contributed by atoms with van der Waals surface area (Å²) in [5.41, 5.74) is 1.50. The third kappa shape index (κ3) is 3.79. The standard InChI is InChI=1S/C17H19F2NO/c1-3-20-15(12-7-9-14(18)10-8-12)11-13-5-4-6-16(21-2)17(13)19/h4-10,15,20H,3,11H2,1-2H3. The molecule has 21 heavy (non-hydrogen) atoms. The number of hydrogen-bond acceptors (Lipinski definition) is 2. The van der Waals surface area contributed by atoms with E-state index in [0.29, 0.717) is 12.0 Å². The number of hydrogen-bond donors (Lipinski definition) is 1. The molecule has 0 bridgehead atoms. The van der Waals surface area contributed by atoms with Crippen molar-refractivity contribution in [3.63, 3.8) is 0 Å². The number of benzene rings is 2. The zero-order chi connectivity index (χ0) is 15.2. The highest BCUT2D eigenvalue weighted by molar-refractivity contribution is 5.33. The summed E-state index contributed by atoms with van der Waals surface area (Å²) < 4.78 is 32.3. The van der Waals surface area contributed by atoms with Crippen molar-refractivity contribution in [2.75, 3.05) is 13.7 Å². The molecule has 0 heterocycles. The van der Waals surface area contributed by atoms with Gasteiger partial charge in [-0.1, -0.05) is 31.2 Å². The van der Waals surface area contributed by atoms with Gasteiger partial charge in [-0.05, 0) is 42.3 Å². The summed E-state index contributed by atoms with van der Waals surface area (Å²) in [4.78, 5) is 0. The van der Waals surface area contributed by atoms with Gasteiger partial charge in [-0.3, -0.25) is 0 Å². The van der Waals surface area contributed by atoms with Crippen LogP contribution < -0.4 is 10.1 Å². The topological polar surface area (TPSA) is 21.3 Å². The second-order valence-corrected chi connectivity index (χ2v) is 4.80. The maximum Gasteiger partial charge on any atom is 0.168 e. The zero-order valence-electron chi connectivity index (χ0n) is 12.2. The van der Waals surface area contributed by atoms with Crippen LogP contribution in [0.25, 0.3) is 0 Å². The van der Waals surface area contributed by atoms with Gasteiger partial charge in [-0.15, -0.1) is 0 Å². The molecular formula is C17H19F2NO. The molecule has 0 radical (unpaired) electrons. The van der Waals surface area contributed by atoms with Crippen LogP contribution in [0.1, 0.15) is 24.1 Å². The summed E-state index contributed by atoms with van der Waals surface area (Å²) in [5.74, 6) is -0.381. The lowest BCUT2D eigenvalue weighted by atomic mass is 9.98. The van der Waals surface area contributed by atoms with E-state index in [1.165, 1.54) is 19.2 Å². The fraction of sp³-hybridized carbons (Fsp3) is 0.294. The predicted octanol–water partition coefficient (Wildman–Crippen LogP) is 3.87. The monoisotopic (exact) mass is 291 g/mol. The van der Waals surface area contributed by atoms with Crippen molar-refractivity contribution < 1.29 is 13.5 Å². The molecule has 1 atom stereocenters. The van der Waals surface area contributed by atoms with Crippen LogP contribution in [0.2, 0.25) is 0 Å². The van der Waals surface area contributed by atoms with E-state index in [-0.39, 0.29) is 23.4 Å². The molecule has 0 spiro atoms. The highest BCUT2D eigenvalue weighted by atomic mass is 19.1. The first-order chi connectivity index (χ1) is 10.2. The van der Waals surface area contributed by atoms with Crippen molar-refractivity contribution in [3.8, 4) is 5.75 Å². The second kappa shape index (κ2) is 7.18. The van der Waals surface area contributed by atoms with Crippen LogP contribution in [-0.4, -0.2) is 13.7 Å². The molecular weight excluding hydrogens is 272 g/mol. The molecule has 2 aromatic carbocycles. The van der Waals surface area contributed by atoms with Crippen LogP contribution in [0.4, 0.5) is 8.78 Å². The van der Waals surface area contributed by atoms with Gasteiger partial charge in [-0.25, -0.2) is 8.78 Å². The molecule has 2 aromatic rings. The van der Waals surface area contributed by atoms with E-state index >= 15 is 0 Å². The minimum atomic E-state index is -0.343. The van der Waals surface area contributed by atoms with Gasteiger partial charge in [0.25, 0.3) is 0 Å². The van der Waals surface area contributed by atoms with Crippen LogP contribution in [-0.2, 0) is 6.42 Å². The van der Waals surface area contributed by atoms with Crippen molar-refractivity contribution in [1.29, 1.82) is 0 Å². The van der Waals surface area contributed by atoms with Crippen LogP contribution in [0.3, 0.4) is 0 Å². The van der Waals surface area contributed by atoms with Gasteiger partial charge in [0.2, 0.25) is 0 Å². The summed E-state index contributed by atoms with van der Waals surface area (Å²) in [5, 5.41) is 3.30. The Bertz CT molecular complexity index is 584. The SMILES string of the molecule is CCNC(Cc1cccc(OC)c1F)c1ccc(F)cc1. The first-order valence-corrected chi connectivity index (χ1v) is 6.96. The van der Waals surface area contributed by atoms with Crippen molar-refractivity contribution in [2.45, 2.75) is 19.4 Å². The van der Waals surface area contributed by atoms with Crippen molar-refractivity contribution in [2.24, 2.45) is 0 Å². The zero-order valence-corrected chi connectivity index (χ0v) is 12.2. The molecule has 0 amide bonds. The number of halogens is 2. The van der Waals surface area contributed by atoms with Gasteiger partial charge in [0.15, 0.2) is 11.6 Å². The van der Waals surface area contributed by atoms with E-state index in [0.717, 1.165) is 12.1 Å². The number of methoxy groups -OCH3 is 1. The Hall–Kier alpha value is -1.94. The molecule has 0 aromatic heterocycles. The van der Waals surface area contributed by atoms with Gasteiger partial charge in [0.05, 0.1) is 7.11 Å². The fourth-order valence-electron chi connectivity index (χ4n) is 2.34. The Morgan fingerprint density at radius 3 is 2.43 bits per heavy atom. The van der Waals surface area contributed by atoms with Crippen molar-refractivity contribution >= 4 is 0 Å². The molecule has 2 rings (SSSR count). The number of nitrogens with one attached hydrogen (secondary N) is 1. The van der Waals surface area contributed by atoms with Crippen molar-refractivity contribution in [1.82, 2.24) is 5.32 Å². The third-order valence-corrected chi connectivity index (χ3v) is 3.41. The molecule has 4 heteroatoms. The van der Waals surface area contributed by atoms with Crippen molar-refractivity contribution in [3.05, 3.63) is 65.2 Å². The Morgan fingerprint density at radius 1 is 1.10 bits per heavy atom. The highest BCUT2D eigenvalue weighted by Crippen LogP contribution is 2.25. The molecule has 0 aliphatic carbocycles. The van der Waals surface area contributed by atoms with Crippen LogP contribution in [0, 0.1) is 11.6 Å². The largest absolute Gasteiger partial charge is 0.494 e. The van der Waals surface area contributed by atoms with E-state index in [2.05, 4.69) is 5.32 Å². The van der Waals surface area contributed by atoms with Crippen LogP contribution >= 0.6 is 0 Å². The molecule has 0 fully saturated rings. The van der Waals surface area contributed by atoms with Gasteiger partial charge >= 0.3 is 0 Å². The molecule has 2 nitrogen and oxygen atoms in total. The second-order valence-electron chi connectivity index (χ2n) is 4.80. The van der Waals surface area contributed by atoms with E-state index < -0.39 is 0 Å². The smallest absolute Gasteiger partial charge is 0.168 e. The van der Waals surface area contributed by atoms with Gasteiger partial charge in [0.1, 0.15) is 5.82 Å². The van der Waals surface area contributed by atoms with E-state index in [1.807, 2.05) is 6.92 Å². The maximum atomic E-state index is 14.2. The van der Waals surface area contributed by atoms with Gasteiger partial charge in [0, 0.05) is 6.04 Å². The molecule has 0 aliphatic heterocycles. The van der Waals surface area contributed by atoms with Gasteiger partial charge < -0.3 is 10.1 Å². The average Bonchev–Trinajstić information content (AvgIpc) is 2.49. The Labute approximate surface area is 123 Å². The average molecular weight is 291 g/mol. The van der Waals surface area contributed by atoms with Crippen LogP contribution in [0.15, 0.2) is 42.5 Å². The predicted molar refractivity (Wildman–Crippen MR) is 79.5 cm³/mol. The summed E-state index contributed by atoms with van der Waals surface area (Å²) in [6.45, 7) is 2.73. The lowest BCUT2D eigenvalue weighted by Crippen LogP contribution is -2.23. The number of rotatable bonds is 6. The van der Waals surface area contributed by atoms with E-state index in [1.54, 1.807) is 30.3 Å². The highest BCUT2D eigenvalue weighted by Gasteiger charge is 2.16. The maximum absolute atomic E-state index is 14.2. The molecule has 112 valence electrons. The summed E-state index contributed by atoms with van der Waals surface area (Å²) in [7, 11) is 1.45. The quantitative estimate of drug-likeness (QED) is 0.872. The minimum Gasteiger partial charge on any atom is -0.494 e. The Morgan fingerprint density at radius 2 is 1.81 bits per heavy atom. The van der Waals surface area contributed by atoms with Crippen LogP contribution in [0.5, 0.6) is 5.75 Å². The van der Waals surface area contributed by atoms with Gasteiger partial charge in [-0.2, -0.15) is 0 Å². The number of likely N-dealkylation sites (N-methyl/N-ethyl adjacent to an activating group) is 1. The third-order valence-electron chi connectivity index (χ3n) is 3.41. The lowest BCUT2D eigenvalue weighted by molar-refractivity contribution is 0.382. The summed E-state index contributed by atoms with van der Waals surface area (Å²) in [6.07, 6.45) is 0.475. The molecule has 0 saturated heterocycles. The first kappa shape index (κ1) is 15.4. The van der Waals surface area contributed by atoms with E-state index in [4.69, 9.17) is 4.74 Å². The van der Waals surface area contributed by atoms with E-state index in [9.17, 15) is 8.78 Å². The fourth-order valence-corrected chi connectivity index (χ4v) is 2.34. The molecule has 1 unspecified atom stereocenters. The first-order valence-electron chi connectivity index (χ1n) is 6.96. The summed E-state index contributed by atoms with van der Waals surface area (Å²) in [6, 6.07) is 11.3.